The molecule has 4 aliphatic rings. The topological polar surface area (TPSA) is 143 Å². The number of allylic oxidation sites excluding steroid dienone is 2. The molecule has 0 radical (unpaired) electrons. The Labute approximate surface area is 359 Å². The second kappa shape index (κ2) is 18.7. The lowest BCUT2D eigenvalue weighted by atomic mass is 10.1. The van der Waals surface area contributed by atoms with Gasteiger partial charge in [-0.25, -0.2) is 14.7 Å². The Morgan fingerprint density at radius 3 is 2.35 bits per heavy atom. The molecular weight excluding hydrogens is 803 g/mol. The lowest BCUT2D eigenvalue weighted by molar-refractivity contribution is 0.0486. The first kappa shape index (κ1) is 43.1. The number of anilines is 1. The van der Waals surface area contributed by atoms with Gasteiger partial charge in [0.1, 0.15) is 17.4 Å². The van der Waals surface area contributed by atoms with Crippen molar-refractivity contribution in [3.05, 3.63) is 88.7 Å². The molecule has 0 saturated carbocycles. The normalized spacial score (nSPS) is 21.1. The molecule has 1 N–H and O–H groups in total. The van der Waals surface area contributed by atoms with Gasteiger partial charge in [-0.3, -0.25) is 14.6 Å². The van der Waals surface area contributed by atoms with Crippen LogP contribution in [0.3, 0.4) is 0 Å². The number of hydrogen-bond donors (Lipinski definition) is 1. The van der Waals surface area contributed by atoms with Gasteiger partial charge in [-0.1, -0.05) is 40.2 Å². The molecule has 7 rings (SSSR count). The summed E-state index contributed by atoms with van der Waals surface area (Å²) in [5.74, 6) is 1.19. The van der Waals surface area contributed by atoms with Gasteiger partial charge in [-0.05, 0) is 107 Å². The highest BCUT2D eigenvalue weighted by molar-refractivity contribution is 8.77. The van der Waals surface area contributed by atoms with Crippen molar-refractivity contribution < 1.29 is 38.4 Å². The van der Waals surface area contributed by atoms with E-state index in [1.807, 2.05) is 70.0 Å². The zero-order valence-electron chi connectivity index (χ0n) is 35.0. The Balaban J connectivity index is 0.982. The van der Waals surface area contributed by atoms with Gasteiger partial charge in [-0.15, -0.1) is 0 Å². The lowest BCUT2D eigenvalue weighted by Crippen LogP contribution is -2.51. The number of rotatable bonds is 14. The second-order valence-electron chi connectivity index (χ2n) is 15.9. The number of ether oxygens (including phenoxy) is 4. The number of aliphatic hydroxyl groups is 1. The number of methoxy groups -OCH3 is 1. The molecule has 1 unspecified atom stereocenters. The van der Waals surface area contributed by atoms with Crippen molar-refractivity contribution in [1.29, 1.82) is 0 Å². The number of carbonyl (C=O) groups is 3. The average molecular weight is 856 g/mol. The molecule has 13 nitrogen and oxygen atoms in total. The van der Waals surface area contributed by atoms with Crippen LogP contribution in [0.2, 0.25) is 0 Å². The molecule has 2 saturated heterocycles. The van der Waals surface area contributed by atoms with E-state index in [0.29, 0.717) is 73.2 Å². The Morgan fingerprint density at radius 2 is 1.63 bits per heavy atom. The van der Waals surface area contributed by atoms with E-state index >= 15 is 0 Å². The van der Waals surface area contributed by atoms with Crippen LogP contribution in [0.15, 0.2) is 82.0 Å². The van der Waals surface area contributed by atoms with Gasteiger partial charge in [-0.2, -0.15) is 0 Å². The number of unbranched alkanes of at least 4 members (excludes halogenated alkanes) is 2. The third-order valence-electron chi connectivity index (χ3n) is 11.2. The largest absolute Gasteiger partial charge is 0.493 e. The first-order valence-corrected chi connectivity index (χ1v) is 22.5. The number of hydrogen-bond acceptors (Lipinski definition) is 12. The predicted molar refractivity (Wildman–Crippen MR) is 235 cm³/mol. The number of aliphatic hydroxyl groups excluding tert-OH is 1. The van der Waals surface area contributed by atoms with Gasteiger partial charge in [0, 0.05) is 37.6 Å². The molecule has 15 heteroatoms. The van der Waals surface area contributed by atoms with Crippen LogP contribution < -0.4 is 19.1 Å². The van der Waals surface area contributed by atoms with Gasteiger partial charge in [0.05, 0.1) is 59.7 Å². The van der Waals surface area contributed by atoms with Crippen molar-refractivity contribution in [1.82, 2.24) is 14.8 Å². The third kappa shape index (κ3) is 9.32. The minimum atomic E-state index is -1.34. The highest BCUT2D eigenvalue weighted by Crippen LogP contribution is 2.43. The lowest BCUT2D eigenvalue weighted by Gasteiger charge is -2.32. The van der Waals surface area contributed by atoms with Crippen molar-refractivity contribution in [3.63, 3.8) is 0 Å². The zero-order chi connectivity index (χ0) is 42.6. The molecule has 4 aliphatic heterocycles. The van der Waals surface area contributed by atoms with Crippen LogP contribution in [-0.4, -0.2) is 107 Å². The highest BCUT2D eigenvalue weighted by Gasteiger charge is 2.46. The number of fused-ring (bicyclic) bond motifs is 4. The summed E-state index contributed by atoms with van der Waals surface area (Å²) in [7, 11) is 4.59. The number of aryl methyl sites for hydroxylation is 1. The summed E-state index contributed by atoms with van der Waals surface area (Å²) in [5, 5.41) is 12.7. The standard InChI is InChI=1S/C45H53N5O8S2/c1-7-29-19-31-24-47-34-22-39(38(55-6)21-32(34)41(51)48(31)25-29)57-17-13-9-12-16-56-37-23-35-33(18-28(37)3)42(52)49-26-30(8-2)20-36(49)43(53)50(35)44(54)58-27-45(4,5)60-59-40-14-10-11-15-46-40/h7-8,10-11,14-15,18,21-24,31,36,43,53H,9,12-13,16-17,19-20,25-27H2,1-6H3/t31-,36-,43?/m0/s1. The Morgan fingerprint density at radius 1 is 0.917 bits per heavy atom. The molecule has 0 aliphatic carbocycles. The third-order valence-corrected chi connectivity index (χ3v) is 14.3. The van der Waals surface area contributed by atoms with Crippen LogP contribution in [0, 0.1) is 6.92 Å². The van der Waals surface area contributed by atoms with Crippen LogP contribution in [0.1, 0.15) is 86.1 Å². The maximum absolute atomic E-state index is 14.1. The van der Waals surface area contributed by atoms with Crippen LogP contribution in [0.25, 0.3) is 0 Å². The molecule has 0 bridgehead atoms. The number of carbonyl (C=O) groups excluding carboxylic acids is 3. The van der Waals surface area contributed by atoms with E-state index in [0.717, 1.165) is 35.4 Å². The molecule has 318 valence electrons. The van der Waals surface area contributed by atoms with Gasteiger partial charge >= 0.3 is 6.09 Å². The predicted octanol–water partition coefficient (Wildman–Crippen LogP) is 8.56. The maximum Gasteiger partial charge on any atom is 0.416 e. The van der Waals surface area contributed by atoms with Crippen LogP contribution >= 0.6 is 21.6 Å². The molecule has 3 aromatic rings. The quantitative estimate of drug-likeness (QED) is 0.0947. The average Bonchev–Trinajstić information content (AvgIpc) is 3.85. The molecule has 0 spiro atoms. The molecule has 3 atom stereocenters. The fraction of sp³-hybridized carbons (Fsp3) is 0.444. The minimum Gasteiger partial charge on any atom is -0.493 e. The Kier molecular flexibility index (Phi) is 13.5. The van der Waals surface area contributed by atoms with Gasteiger partial charge < -0.3 is 33.9 Å². The number of amides is 3. The van der Waals surface area contributed by atoms with E-state index in [9.17, 15) is 19.5 Å². The summed E-state index contributed by atoms with van der Waals surface area (Å²) in [6, 6.07) is 11.9. The SMILES string of the molecule is CC=C1C[C@H]2C=Nc3cc(OCCCCCOc4cc5c(cc4C)C(=O)N4CC(=CC)C[C@H]4C(O)N5C(=O)OCC(C)(C)SSc4ccccn4)c(OC)cc3C(=O)N2C1. The van der Waals surface area contributed by atoms with Gasteiger partial charge in [0.2, 0.25) is 0 Å². The summed E-state index contributed by atoms with van der Waals surface area (Å²) in [5.41, 5.74) is 4.60. The van der Waals surface area contributed by atoms with E-state index in [1.165, 1.54) is 32.1 Å². The zero-order valence-corrected chi connectivity index (χ0v) is 36.6. The second-order valence-corrected chi connectivity index (χ2v) is 18.8. The molecular formula is C45H53N5O8S2. The number of nitrogens with zero attached hydrogens (tertiary/aromatic N) is 5. The Hall–Kier alpha value is -4.99. The highest BCUT2D eigenvalue weighted by atomic mass is 33.1. The minimum absolute atomic E-state index is 0.0557. The fourth-order valence-electron chi connectivity index (χ4n) is 7.75. The summed E-state index contributed by atoms with van der Waals surface area (Å²) < 4.78 is 23.4. The summed E-state index contributed by atoms with van der Waals surface area (Å²) in [6.45, 7) is 11.6. The molecule has 3 amide bonds. The van der Waals surface area contributed by atoms with Crippen LogP contribution in [-0.2, 0) is 4.74 Å². The number of aliphatic imine (C=N–C) groups is 1. The maximum atomic E-state index is 14.1. The van der Waals surface area contributed by atoms with Crippen molar-refractivity contribution >= 4 is 57.1 Å². The van der Waals surface area contributed by atoms with E-state index in [2.05, 4.69) is 16.1 Å². The fourth-order valence-corrected chi connectivity index (χ4v) is 9.78. The van der Waals surface area contributed by atoms with Crippen molar-refractivity contribution in [2.45, 2.75) is 94.8 Å². The smallest absolute Gasteiger partial charge is 0.416 e. The van der Waals surface area contributed by atoms with Crippen molar-refractivity contribution in [2.24, 2.45) is 4.99 Å². The van der Waals surface area contributed by atoms with E-state index in [-0.39, 0.29) is 30.2 Å². The number of aromatic nitrogens is 1. The van der Waals surface area contributed by atoms with E-state index < -0.39 is 23.1 Å². The molecule has 5 heterocycles. The van der Waals surface area contributed by atoms with Gasteiger partial charge in [0.15, 0.2) is 17.7 Å². The van der Waals surface area contributed by atoms with E-state index in [4.69, 9.17) is 18.9 Å². The molecule has 60 heavy (non-hydrogen) atoms. The van der Waals surface area contributed by atoms with Crippen molar-refractivity contribution in [2.75, 3.05) is 44.9 Å². The van der Waals surface area contributed by atoms with Gasteiger partial charge in [0.25, 0.3) is 11.8 Å². The summed E-state index contributed by atoms with van der Waals surface area (Å²) >= 11 is 0. The molecule has 1 aromatic heterocycles. The number of benzene rings is 2. The summed E-state index contributed by atoms with van der Waals surface area (Å²) in [6.07, 6.45) is 8.98. The van der Waals surface area contributed by atoms with E-state index in [1.54, 1.807) is 42.5 Å². The molecule has 2 fully saturated rings. The Bertz CT molecular complexity index is 2190. The number of pyridine rings is 1. The van der Waals surface area contributed by atoms with Crippen LogP contribution in [0.5, 0.6) is 17.2 Å². The first-order valence-electron chi connectivity index (χ1n) is 20.4. The van der Waals surface area contributed by atoms with Crippen LogP contribution in [0.4, 0.5) is 16.2 Å². The molecule has 2 aromatic carbocycles. The first-order chi connectivity index (χ1) is 28.9. The summed E-state index contributed by atoms with van der Waals surface area (Å²) in [4.78, 5) is 55.3. The van der Waals surface area contributed by atoms with Crippen molar-refractivity contribution in [3.8, 4) is 17.2 Å². The monoisotopic (exact) mass is 855 g/mol.